The van der Waals surface area contributed by atoms with Gasteiger partial charge in [-0.3, -0.25) is 19.9 Å². The molecule has 4 rings (SSSR count). The van der Waals surface area contributed by atoms with E-state index >= 15 is 0 Å². The van der Waals surface area contributed by atoms with Gasteiger partial charge in [-0.2, -0.15) is 0 Å². The fraction of sp³-hybridized carbons (Fsp3) is 0.176. The molecule has 1 amide bonds. The van der Waals surface area contributed by atoms with Crippen molar-refractivity contribution >= 4 is 45.8 Å². The molecule has 2 heterocycles. The highest BCUT2D eigenvalue weighted by Crippen LogP contribution is 2.44. The molecule has 0 aliphatic carbocycles. The molecule has 2 aromatic rings. The number of hydrazone groups is 1. The molecule has 2 N–H and O–H groups in total. The van der Waals surface area contributed by atoms with Crippen LogP contribution in [0.5, 0.6) is 0 Å². The number of halogens is 1. The van der Waals surface area contributed by atoms with Crippen LogP contribution in [0.2, 0.25) is 5.02 Å². The molecule has 0 saturated carbocycles. The quantitative estimate of drug-likeness (QED) is 0.588. The van der Waals surface area contributed by atoms with Crippen LogP contribution in [0.3, 0.4) is 0 Å². The predicted molar refractivity (Wildman–Crippen MR) is 105 cm³/mol. The molecule has 138 valence electrons. The number of para-hydroxylation sites is 1. The molecule has 2 aliphatic rings. The monoisotopic (exact) mass is 403 g/mol. The average molecular weight is 404 g/mol. The van der Waals surface area contributed by atoms with E-state index in [0.29, 0.717) is 15.8 Å². The van der Waals surface area contributed by atoms with Crippen molar-refractivity contribution in [3.05, 3.63) is 68.7 Å². The summed E-state index contributed by atoms with van der Waals surface area (Å²) in [6.45, 7) is 0. The molecule has 27 heavy (non-hydrogen) atoms. The Bertz CT molecular complexity index is 983. The summed E-state index contributed by atoms with van der Waals surface area (Å²) < 4.78 is 0. The standard InChI is InChI=1S/C17H14ClN5O3S/c1-27-17-20-16(24)14-10-4-2-3-5-13(10)19-15(22(14)21-17)11-8-9(23(25)26)6-7-12(11)18/h2-8,14-15,19H,1H3,(H,20,21,24)/t14-,15-/m0/s1. The number of nitro benzene ring substituents is 1. The number of rotatable bonds is 2. The second-order valence-corrected chi connectivity index (χ2v) is 7.18. The van der Waals surface area contributed by atoms with Crippen LogP contribution in [0, 0.1) is 10.1 Å². The summed E-state index contributed by atoms with van der Waals surface area (Å²) in [5, 5.41) is 24.2. The fourth-order valence-electron chi connectivity index (χ4n) is 3.22. The zero-order valence-corrected chi connectivity index (χ0v) is 15.6. The summed E-state index contributed by atoms with van der Waals surface area (Å²) in [4.78, 5) is 23.5. The smallest absolute Gasteiger partial charge is 0.269 e. The molecule has 0 spiro atoms. The topological polar surface area (TPSA) is 99.9 Å². The minimum absolute atomic E-state index is 0.0814. The average Bonchev–Trinajstić information content (AvgIpc) is 2.67. The van der Waals surface area contributed by atoms with E-state index in [0.717, 1.165) is 11.3 Å². The number of benzene rings is 2. The molecule has 10 heteroatoms. The van der Waals surface area contributed by atoms with Gasteiger partial charge in [0, 0.05) is 34.0 Å². The van der Waals surface area contributed by atoms with Gasteiger partial charge in [-0.1, -0.05) is 41.6 Å². The van der Waals surface area contributed by atoms with E-state index in [2.05, 4.69) is 15.7 Å². The highest BCUT2D eigenvalue weighted by molar-refractivity contribution is 8.13. The molecular weight excluding hydrogens is 390 g/mol. The number of amidine groups is 1. The van der Waals surface area contributed by atoms with Crippen LogP contribution in [0.4, 0.5) is 11.4 Å². The van der Waals surface area contributed by atoms with Crippen LogP contribution in [-0.4, -0.2) is 27.3 Å². The lowest BCUT2D eigenvalue weighted by Gasteiger charge is -2.43. The van der Waals surface area contributed by atoms with Gasteiger partial charge in [0.05, 0.1) is 4.92 Å². The van der Waals surface area contributed by atoms with Crippen molar-refractivity contribution in [1.82, 2.24) is 10.3 Å². The number of non-ortho nitro benzene ring substituents is 1. The second-order valence-electron chi connectivity index (χ2n) is 5.98. The fourth-order valence-corrected chi connectivity index (χ4v) is 3.82. The number of carbonyl (C=O) groups is 1. The molecule has 2 aliphatic heterocycles. The van der Waals surface area contributed by atoms with Gasteiger partial charge in [-0.25, -0.2) is 0 Å². The second kappa shape index (κ2) is 6.75. The van der Waals surface area contributed by atoms with Crippen molar-refractivity contribution in [3.63, 3.8) is 0 Å². The van der Waals surface area contributed by atoms with Crippen LogP contribution in [-0.2, 0) is 4.79 Å². The van der Waals surface area contributed by atoms with Gasteiger partial charge in [0.1, 0.15) is 6.17 Å². The van der Waals surface area contributed by atoms with Gasteiger partial charge in [-0.15, -0.1) is 5.10 Å². The molecule has 0 unspecified atom stereocenters. The third kappa shape index (κ3) is 2.98. The van der Waals surface area contributed by atoms with E-state index in [-0.39, 0.29) is 11.6 Å². The molecule has 0 fully saturated rings. The van der Waals surface area contributed by atoms with E-state index in [9.17, 15) is 14.9 Å². The summed E-state index contributed by atoms with van der Waals surface area (Å²) in [5.74, 6) is -0.213. The number of fused-ring (bicyclic) bond motifs is 3. The lowest BCUT2D eigenvalue weighted by Crippen LogP contribution is -2.50. The van der Waals surface area contributed by atoms with Gasteiger partial charge in [0.25, 0.3) is 11.6 Å². The number of hydrogen-bond acceptors (Lipinski definition) is 7. The molecular formula is C17H14ClN5O3S. The zero-order valence-electron chi connectivity index (χ0n) is 14.0. The number of hydrogen-bond donors (Lipinski definition) is 2. The molecule has 0 radical (unpaired) electrons. The number of thioether (sulfide) groups is 1. The number of carbonyl (C=O) groups excluding carboxylic acids is 1. The van der Waals surface area contributed by atoms with Gasteiger partial charge in [0.2, 0.25) is 0 Å². The Labute approximate surface area is 163 Å². The van der Waals surface area contributed by atoms with Crippen LogP contribution >= 0.6 is 23.4 Å². The number of nitrogens with one attached hydrogen (secondary N) is 2. The first-order valence-corrected chi connectivity index (χ1v) is 9.61. The van der Waals surface area contributed by atoms with Gasteiger partial charge in [-0.05, 0) is 18.4 Å². The molecule has 2 aromatic carbocycles. The van der Waals surface area contributed by atoms with Crippen molar-refractivity contribution in [2.45, 2.75) is 12.2 Å². The molecule has 0 bridgehead atoms. The number of anilines is 1. The summed E-state index contributed by atoms with van der Waals surface area (Å²) >= 11 is 7.66. The van der Waals surface area contributed by atoms with E-state index in [1.807, 2.05) is 24.3 Å². The van der Waals surface area contributed by atoms with Gasteiger partial charge in [0.15, 0.2) is 11.2 Å². The first-order chi connectivity index (χ1) is 13.0. The number of nitro groups is 1. The van der Waals surface area contributed by atoms with Crippen molar-refractivity contribution in [2.24, 2.45) is 5.10 Å². The maximum Gasteiger partial charge on any atom is 0.269 e. The Morgan fingerprint density at radius 3 is 2.78 bits per heavy atom. The van der Waals surface area contributed by atoms with Gasteiger partial charge < -0.3 is 10.6 Å². The summed E-state index contributed by atoms with van der Waals surface area (Å²) in [5.41, 5.74) is 1.92. The number of nitrogens with zero attached hydrogens (tertiary/aromatic N) is 3. The van der Waals surface area contributed by atoms with E-state index in [4.69, 9.17) is 11.6 Å². The molecule has 0 aromatic heterocycles. The lowest BCUT2D eigenvalue weighted by atomic mass is 9.97. The van der Waals surface area contributed by atoms with Crippen LogP contribution in [0.25, 0.3) is 0 Å². The summed E-state index contributed by atoms with van der Waals surface area (Å²) in [6, 6.07) is 11.0. The van der Waals surface area contributed by atoms with Crippen molar-refractivity contribution < 1.29 is 9.72 Å². The largest absolute Gasteiger partial charge is 0.360 e. The van der Waals surface area contributed by atoms with Gasteiger partial charge >= 0.3 is 0 Å². The Morgan fingerprint density at radius 2 is 2.04 bits per heavy atom. The van der Waals surface area contributed by atoms with Crippen molar-refractivity contribution in [3.8, 4) is 0 Å². The highest BCUT2D eigenvalue weighted by Gasteiger charge is 2.42. The van der Waals surface area contributed by atoms with E-state index in [1.54, 1.807) is 11.3 Å². The summed E-state index contributed by atoms with van der Waals surface area (Å²) in [6.07, 6.45) is 1.17. The van der Waals surface area contributed by atoms with Crippen LogP contribution in [0.1, 0.15) is 23.3 Å². The number of amides is 1. The predicted octanol–water partition coefficient (Wildman–Crippen LogP) is 3.48. The van der Waals surface area contributed by atoms with Crippen molar-refractivity contribution in [1.29, 1.82) is 0 Å². The van der Waals surface area contributed by atoms with Crippen molar-refractivity contribution in [2.75, 3.05) is 11.6 Å². The Kier molecular flexibility index (Phi) is 4.40. The molecule has 8 nitrogen and oxygen atoms in total. The zero-order chi connectivity index (χ0) is 19.1. The van der Waals surface area contributed by atoms with Crippen LogP contribution in [0.15, 0.2) is 47.6 Å². The molecule has 0 saturated heterocycles. The lowest BCUT2D eigenvalue weighted by molar-refractivity contribution is -0.384. The third-order valence-corrected chi connectivity index (χ3v) is 5.35. The van der Waals surface area contributed by atoms with Crippen LogP contribution < -0.4 is 10.6 Å². The Balaban J connectivity index is 1.89. The molecule has 2 atom stereocenters. The maximum absolute atomic E-state index is 12.8. The maximum atomic E-state index is 12.8. The Morgan fingerprint density at radius 1 is 1.26 bits per heavy atom. The SMILES string of the molecule is CSC1=NN2[C@@H](c3cc([N+](=O)[O-])ccc3Cl)Nc3ccccc3[C@H]2C(=O)N1. The first kappa shape index (κ1) is 17.6. The minimum atomic E-state index is -0.668. The highest BCUT2D eigenvalue weighted by atomic mass is 35.5. The Hall–Kier alpha value is -2.78. The first-order valence-electron chi connectivity index (χ1n) is 8.00. The van der Waals surface area contributed by atoms with E-state index < -0.39 is 17.1 Å². The summed E-state index contributed by atoms with van der Waals surface area (Å²) in [7, 11) is 0. The van der Waals surface area contributed by atoms with E-state index in [1.165, 1.54) is 30.0 Å². The third-order valence-electron chi connectivity index (χ3n) is 4.44. The normalized spacial score (nSPS) is 20.7. The minimum Gasteiger partial charge on any atom is -0.360 e.